The van der Waals surface area contributed by atoms with Gasteiger partial charge in [0.05, 0.1) is 27.1 Å². The highest BCUT2D eigenvalue weighted by atomic mass is 35.5. The fourth-order valence-corrected chi connectivity index (χ4v) is 2.19. The number of nitrogen functional groups attached to an aromatic ring is 1. The van der Waals surface area contributed by atoms with Crippen molar-refractivity contribution in [3.8, 4) is 0 Å². The fourth-order valence-electron chi connectivity index (χ4n) is 1.79. The predicted molar refractivity (Wildman–Crippen MR) is 103 cm³/mol. The first kappa shape index (κ1) is 21.7. The third-order valence-electron chi connectivity index (χ3n) is 2.96. The zero-order chi connectivity index (χ0) is 20.0. The van der Waals surface area contributed by atoms with Crippen molar-refractivity contribution in [1.29, 1.82) is 0 Å². The number of benzene rings is 2. The quantitative estimate of drug-likeness (QED) is 0.613. The van der Waals surface area contributed by atoms with E-state index in [1.54, 1.807) is 6.92 Å². The summed E-state index contributed by atoms with van der Waals surface area (Å²) in [6.45, 7) is 4.31. The zero-order valence-corrected chi connectivity index (χ0v) is 15.7. The average molecular weight is 406 g/mol. The Morgan fingerprint density at radius 2 is 1.35 bits per heavy atom. The van der Waals surface area contributed by atoms with Gasteiger partial charge >= 0.3 is 0 Å². The minimum atomic E-state index is -0.598. The lowest BCUT2D eigenvalue weighted by Crippen LogP contribution is -2.07. The summed E-state index contributed by atoms with van der Waals surface area (Å²) in [5.41, 5.74) is 6.44. The highest BCUT2D eigenvalue weighted by molar-refractivity contribution is 6.34. The molecule has 0 spiro atoms. The van der Waals surface area contributed by atoms with Gasteiger partial charge in [0.25, 0.3) is 0 Å². The maximum absolute atomic E-state index is 12.9. The number of amides is 2. The molecule has 26 heavy (non-hydrogen) atoms. The molecule has 0 unspecified atom stereocenters. The molecule has 9 heteroatoms. The summed E-state index contributed by atoms with van der Waals surface area (Å²) in [6, 6.07) is 5.02. The summed E-state index contributed by atoms with van der Waals surface area (Å²) in [5, 5.41) is 5.26. The van der Waals surface area contributed by atoms with E-state index in [0.29, 0.717) is 16.9 Å². The number of hydrogen-bond donors (Lipinski definition) is 3. The number of rotatable bonds is 2. The van der Waals surface area contributed by atoms with Gasteiger partial charge in [-0.05, 0) is 36.8 Å². The molecule has 4 N–H and O–H groups in total. The summed E-state index contributed by atoms with van der Waals surface area (Å²) in [4.78, 5) is 21.4. The van der Waals surface area contributed by atoms with Gasteiger partial charge in [0, 0.05) is 15.3 Å². The third-order valence-corrected chi connectivity index (χ3v) is 3.58. The van der Waals surface area contributed by atoms with Gasteiger partial charge in [0.1, 0.15) is 11.6 Å². The second kappa shape index (κ2) is 9.35. The molecular formula is C17H19Cl2F2N3O2. The average Bonchev–Trinajstić information content (AvgIpc) is 2.50. The van der Waals surface area contributed by atoms with Crippen molar-refractivity contribution in [3.63, 3.8) is 0 Å². The third kappa shape index (κ3) is 6.50. The van der Waals surface area contributed by atoms with E-state index >= 15 is 0 Å². The van der Waals surface area contributed by atoms with Crippen LogP contribution < -0.4 is 16.4 Å². The van der Waals surface area contributed by atoms with Crippen LogP contribution in [-0.4, -0.2) is 11.8 Å². The standard InChI is InChI=1S/C9H9ClFNO.C8H8ClFN2O.H2/c1-5-3-9(12-6(2)13)7(10)4-8(5)11;1-4(13)12-8-3-7(11)6(10)2-5(8)9;/h3-4H,1-2H3,(H,12,13);2-3H,11H2,1H3,(H,12,13);1H. The number of halogens is 4. The second-order valence-corrected chi connectivity index (χ2v) is 6.11. The van der Waals surface area contributed by atoms with Gasteiger partial charge in [0.2, 0.25) is 11.8 Å². The molecule has 0 fully saturated rings. The highest BCUT2D eigenvalue weighted by Gasteiger charge is 2.07. The van der Waals surface area contributed by atoms with Crippen LogP contribution in [0.2, 0.25) is 10.0 Å². The number of hydrogen-bond acceptors (Lipinski definition) is 3. The summed E-state index contributed by atoms with van der Waals surface area (Å²) in [7, 11) is 0. The van der Waals surface area contributed by atoms with E-state index in [9.17, 15) is 18.4 Å². The predicted octanol–water partition coefficient (Wildman–Crippen LogP) is 5.01. The number of anilines is 3. The molecule has 0 saturated heterocycles. The normalized spacial score (nSPS) is 9.81. The van der Waals surface area contributed by atoms with Gasteiger partial charge in [-0.15, -0.1) is 0 Å². The molecule has 0 aliphatic heterocycles. The summed E-state index contributed by atoms with van der Waals surface area (Å²) >= 11 is 11.3. The Labute approximate surface area is 161 Å². The van der Waals surface area contributed by atoms with Crippen molar-refractivity contribution in [1.82, 2.24) is 0 Å². The summed E-state index contributed by atoms with van der Waals surface area (Å²) in [6.07, 6.45) is 0. The highest BCUT2D eigenvalue weighted by Crippen LogP contribution is 2.26. The zero-order valence-electron chi connectivity index (χ0n) is 14.2. The van der Waals surface area contributed by atoms with Crippen molar-refractivity contribution < 1.29 is 19.8 Å². The van der Waals surface area contributed by atoms with Gasteiger partial charge < -0.3 is 16.4 Å². The van der Waals surface area contributed by atoms with E-state index in [1.165, 1.54) is 32.0 Å². The van der Waals surface area contributed by atoms with Crippen LogP contribution in [0.5, 0.6) is 0 Å². The summed E-state index contributed by atoms with van der Waals surface area (Å²) < 4.78 is 25.7. The first-order valence-corrected chi connectivity index (χ1v) is 8.02. The van der Waals surface area contributed by atoms with Crippen LogP contribution in [0.1, 0.15) is 20.8 Å². The van der Waals surface area contributed by atoms with E-state index in [1.807, 2.05) is 0 Å². The molecule has 142 valence electrons. The molecular weight excluding hydrogens is 387 g/mol. The minimum Gasteiger partial charge on any atom is -0.396 e. The molecule has 0 atom stereocenters. The molecule has 2 aromatic rings. The SMILES string of the molecule is CC(=O)Nc1cc(C)c(F)cc1Cl.CC(=O)Nc1cc(N)c(F)cc1Cl.[HH]. The van der Waals surface area contributed by atoms with Crippen LogP contribution in [-0.2, 0) is 9.59 Å². The van der Waals surface area contributed by atoms with E-state index in [0.717, 1.165) is 6.07 Å². The minimum absolute atomic E-state index is 0. The summed E-state index contributed by atoms with van der Waals surface area (Å²) in [5.74, 6) is -1.49. The van der Waals surface area contributed by atoms with Gasteiger partial charge in [0.15, 0.2) is 0 Å². The smallest absolute Gasteiger partial charge is 0.221 e. The molecule has 0 aliphatic rings. The molecule has 0 heterocycles. The van der Waals surface area contributed by atoms with Crippen LogP contribution in [0.25, 0.3) is 0 Å². The topological polar surface area (TPSA) is 84.2 Å². The Hall–Kier alpha value is -2.38. The molecule has 0 bridgehead atoms. The van der Waals surface area contributed by atoms with Crippen molar-refractivity contribution in [2.45, 2.75) is 20.8 Å². The van der Waals surface area contributed by atoms with Crippen molar-refractivity contribution >= 4 is 52.1 Å². The molecule has 0 radical (unpaired) electrons. The Morgan fingerprint density at radius 1 is 0.923 bits per heavy atom. The Kier molecular flexibility index (Phi) is 7.79. The van der Waals surface area contributed by atoms with Crippen molar-refractivity contribution in [3.05, 3.63) is 51.5 Å². The Balaban J connectivity index is 0.000000483. The molecule has 5 nitrogen and oxygen atoms in total. The lowest BCUT2D eigenvalue weighted by molar-refractivity contribution is -0.115. The van der Waals surface area contributed by atoms with Crippen LogP contribution in [0.3, 0.4) is 0 Å². The molecule has 0 aliphatic carbocycles. The van der Waals surface area contributed by atoms with Crippen LogP contribution in [0.4, 0.5) is 25.8 Å². The first-order valence-electron chi connectivity index (χ1n) is 7.26. The second-order valence-electron chi connectivity index (χ2n) is 5.30. The van der Waals surface area contributed by atoms with Gasteiger partial charge in [-0.3, -0.25) is 9.59 Å². The number of carbonyl (C=O) groups is 2. The van der Waals surface area contributed by atoms with Crippen LogP contribution >= 0.6 is 23.2 Å². The van der Waals surface area contributed by atoms with Crippen molar-refractivity contribution in [2.75, 3.05) is 16.4 Å². The molecule has 0 aromatic heterocycles. The fraction of sp³-hybridized carbons (Fsp3) is 0.176. The van der Waals surface area contributed by atoms with Gasteiger partial charge in [-0.2, -0.15) is 0 Å². The monoisotopic (exact) mass is 405 g/mol. The maximum Gasteiger partial charge on any atom is 0.221 e. The van der Waals surface area contributed by atoms with Crippen LogP contribution in [0, 0.1) is 18.6 Å². The van der Waals surface area contributed by atoms with Gasteiger partial charge in [-0.25, -0.2) is 8.78 Å². The molecule has 0 saturated carbocycles. The van der Waals surface area contributed by atoms with E-state index < -0.39 is 5.82 Å². The van der Waals surface area contributed by atoms with Crippen LogP contribution in [0.15, 0.2) is 24.3 Å². The van der Waals surface area contributed by atoms with E-state index in [-0.39, 0.29) is 34.8 Å². The van der Waals surface area contributed by atoms with Crippen molar-refractivity contribution in [2.24, 2.45) is 0 Å². The number of carbonyl (C=O) groups excluding carboxylic acids is 2. The lowest BCUT2D eigenvalue weighted by Gasteiger charge is -2.06. The lowest BCUT2D eigenvalue weighted by atomic mass is 10.2. The Bertz CT molecular complexity index is 782. The Morgan fingerprint density at radius 3 is 1.81 bits per heavy atom. The van der Waals surface area contributed by atoms with E-state index in [2.05, 4.69) is 10.6 Å². The molecule has 2 rings (SSSR count). The number of aryl methyl sites for hydroxylation is 1. The maximum atomic E-state index is 12.9. The number of nitrogens with two attached hydrogens (primary N) is 1. The first-order chi connectivity index (χ1) is 12.0. The molecule has 2 amide bonds. The van der Waals surface area contributed by atoms with E-state index in [4.69, 9.17) is 28.9 Å². The largest absolute Gasteiger partial charge is 0.396 e. The van der Waals surface area contributed by atoms with Gasteiger partial charge in [-0.1, -0.05) is 23.2 Å². The molecule has 2 aromatic carbocycles. The number of nitrogens with one attached hydrogen (secondary N) is 2.